The smallest absolute Gasteiger partial charge is 0.246 e. The van der Waals surface area contributed by atoms with Gasteiger partial charge in [0.2, 0.25) is 17.7 Å². The van der Waals surface area contributed by atoms with Crippen LogP contribution in [0.5, 0.6) is 0 Å². The molecule has 1 aromatic heterocycles. The quantitative estimate of drug-likeness (QED) is 0.385. The van der Waals surface area contributed by atoms with Crippen LogP contribution in [0.2, 0.25) is 0 Å². The van der Waals surface area contributed by atoms with Gasteiger partial charge in [-0.25, -0.2) is 0 Å². The van der Waals surface area contributed by atoms with E-state index in [4.69, 9.17) is 0 Å². The van der Waals surface area contributed by atoms with Crippen LogP contribution in [0, 0.1) is 45.8 Å². The second kappa shape index (κ2) is 10.2. The molecule has 3 heterocycles. The number of aryl methyl sites for hydroxylation is 1. The van der Waals surface area contributed by atoms with Gasteiger partial charge < -0.3 is 25.2 Å². The van der Waals surface area contributed by atoms with Crippen LogP contribution in [0.15, 0.2) is 18.3 Å². The van der Waals surface area contributed by atoms with Crippen LogP contribution in [-0.4, -0.2) is 69.7 Å². The van der Waals surface area contributed by atoms with Crippen molar-refractivity contribution in [3.05, 3.63) is 24.0 Å². The predicted octanol–water partition coefficient (Wildman–Crippen LogP) is 1.47. The molecule has 0 spiro atoms. The van der Waals surface area contributed by atoms with E-state index in [0.717, 1.165) is 18.5 Å². The SMILES string of the molecule is Cn1cccc1C1CC1C(=O)NC(C(=O)N1CC2C(C1C(=O)NC(C#N)CC1CCNC1O)C2(C)C)C(C)(C)C. The number of aliphatic hydroxyl groups excluding tert-OH is 1. The molecule has 1 aromatic rings. The summed E-state index contributed by atoms with van der Waals surface area (Å²) in [6.07, 6.45) is 3.12. The number of carbonyl (C=O) groups is 3. The summed E-state index contributed by atoms with van der Waals surface area (Å²) in [4.78, 5) is 42.8. The first-order chi connectivity index (χ1) is 18.8. The average molecular weight is 553 g/mol. The third-order valence-corrected chi connectivity index (χ3v) is 9.98. The van der Waals surface area contributed by atoms with E-state index in [-0.39, 0.29) is 52.7 Å². The van der Waals surface area contributed by atoms with Crippen LogP contribution in [0.25, 0.3) is 0 Å². The fourth-order valence-electron chi connectivity index (χ4n) is 7.24. The van der Waals surface area contributed by atoms with E-state index in [1.165, 1.54) is 0 Å². The molecule has 4 N–H and O–H groups in total. The van der Waals surface area contributed by atoms with E-state index in [1.807, 2.05) is 50.7 Å². The van der Waals surface area contributed by atoms with Crippen molar-refractivity contribution in [1.82, 2.24) is 25.4 Å². The van der Waals surface area contributed by atoms with Gasteiger partial charge in [0.1, 0.15) is 24.4 Å². The molecule has 4 aliphatic rings. The number of piperidine rings is 1. The summed E-state index contributed by atoms with van der Waals surface area (Å²) in [7, 11) is 1.97. The second-order valence-electron chi connectivity index (χ2n) is 14.1. The van der Waals surface area contributed by atoms with Crippen molar-refractivity contribution >= 4 is 17.7 Å². The van der Waals surface area contributed by atoms with Crippen LogP contribution >= 0.6 is 0 Å². The first-order valence-corrected chi connectivity index (χ1v) is 14.6. The van der Waals surface area contributed by atoms with Gasteiger partial charge in [-0.1, -0.05) is 34.6 Å². The summed E-state index contributed by atoms with van der Waals surface area (Å²) < 4.78 is 2.03. The van der Waals surface area contributed by atoms with Crippen molar-refractivity contribution in [2.75, 3.05) is 13.1 Å². The molecule has 40 heavy (non-hydrogen) atoms. The third kappa shape index (κ3) is 5.14. The zero-order valence-corrected chi connectivity index (χ0v) is 24.5. The second-order valence-corrected chi connectivity index (χ2v) is 14.1. The molecular weight excluding hydrogens is 508 g/mol. The lowest BCUT2D eigenvalue weighted by Gasteiger charge is -2.38. The molecule has 10 nitrogen and oxygen atoms in total. The first kappa shape index (κ1) is 28.6. The number of aromatic nitrogens is 1. The first-order valence-electron chi connectivity index (χ1n) is 14.6. The molecule has 218 valence electrons. The molecule has 3 amide bonds. The maximum atomic E-state index is 14.1. The lowest BCUT2D eigenvalue weighted by atomic mass is 9.85. The summed E-state index contributed by atoms with van der Waals surface area (Å²) in [6.45, 7) is 11.2. The van der Waals surface area contributed by atoms with Crippen molar-refractivity contribution in [3.8, 4) is 6.07 Å². The Morgan fingerprint density at radius 1 is 1.25 bits per heavy atom. The fourth-order valence-corrected chi connectivity index (χ4v) is 7.24. The van der Waals surface area contributed by atoms with Gasteiger partial charge in [-0.05, 0) is 60.6 Å². The molecule has 9 atom stereocenters. The van der Waals surface area contributed by atoms with E-state index in [2.05, 4.69) is 35.9 Å². The Morgan fingerprint density at radius 2 is 1.98 bits per heavy atom. The van der Waals surface area contributed by atoms with Crippen LogP contribution < -0.4 is 16.0 Å². The number of nitrogens with zero attached hydrogens (tertiary/aromatic N) is 3. The van der Waals surface area contributed by atoms with E-state index in [1.54, 1.807) is 4.90 Å². The van der Waals surface area contributed by atoms with E-state index >= 15 is 0 Å². The number of carbonyl (C=O) groups excluding carboxylic acids is 3. The molecule has 9 unspecified atom stereocenters. The number of nitrogens with one attached hydrogen (secondary N) is 3. The van der Waals surface area contributed by atoms with Gasteiger partial charge in [0.15, 0.2) is 0 Å². The Labute approximate surface area is 236 Å². The van der Waals surface area contributed by atoms with Crippen molar-refractivity contribution in [2.45, 2.75) is 84.2 Å². The lowest BCUT2D eigenvalue weighted by Crippen LogP contribution is -2.60. The summed E-state index contributed by atoms with van der Waals surface area (Å²) in [5, 5.41) is 28.8. The number of amides is 3. The summed E-state index contributed by atoms with van der Waals surface area (Å²) >= 11 is 0. The monoisotopic (exact) mass is 552 g/mol. The highest BCUT2D eigenvalue weighted by Gasteiger charge is 2.70. The minimum atomic E-state index is -0.781. The van der Waals surface area contributed by atoms with Gasteiger partial charge in [0.05, 0.1) is 6.07 Å². The zero-order valence-electron chi connectivity index (χ0n) is 24.5. The normalized spacial score (nSPS) is 33.5. The summed E-state index contributed by atoms with van der Waals surface area (Å²) in [5.41, 5.74) is 0.473. The van der Waals surface area contributed by atoms with Crippen molar-refractivity contribution in [3.63, 3.8) is 0 Å². The zero-order chi connectivity index (χ0) is 29.1. The van der Waals surface area contributed by atoms with Gasteiger partial charge in [-0.2, -0.15) is 5.26 Å². The number of hydrogen-bond acceptors (Lipinski definition) is 6. The van der Waals surface area contributed by atoms with Gasteiger partial charge in [0, 0.05) is 43.2 Å². The van der Waals surface area contributed by atoms with Crippen LogP contribution in [0.4, 0.5) is 0 Å². The number of aliphatic hydroxyl groups is 1. The standard InChI is InChI=1S/C30H44N6O4/c1-29(2,3)24(34-26(38)19-13-18(19)21-8-7-11-35(21)6)28(40)36-15-20-22(30(20,4)5)23(36)27(39)33-17(14-31)12-16-9-10-32-25(16)37/h7-8,11,16-20,22-25,32,37H,9-10,12-13,15H2,1-6H3,(H,33,39)(H,34,38). The Bertz CT molecular complexity index is 1210. The van der Waals surface area contributed by atoms with E-state index < -0.39 is 29.8 Å². The number of likely N-dealkylation sites (tertiary alicyclic amines) is 1. The molecule has 4 fully saturated rings. The Hall–Kier alpha value is -2.90. The van der Waals surface area contributed by atoms with Crippen LogP contribution in [-0.2, 0) is 21.4 Å². The summed E-state index contributed by atoms with van der Waals surface area (Å²) in [6, 6.07) is 3.94. The molecule has 2 saturated heterocycles. The highest BCUT2D eigenvalue weighted by molar-refractivity contribution is 5.95. The molecule has 2 aliphatic carbocycles. The Balaban J connectivity index is 1.30. The van der Waals surface area contributed by atoms with Crippen LogP contribution in [0.3, 0.4) is 0 Å². The lowest BCUT2D eigenvalue weighted by molar-refractivity contribution is -0.145. The highest BCUT2D eigenvalue weighted by Crippen LogP contribution is 2.65. The predicted molar refractivity (Wildman–Crippen MR) is 148 cm³/mol. The number of nitriles is 1. The molecule has 10 heteroatoms. The van der Waals surface area contributed by atoms with Gasteiger partial charge >= 0.3 is 0 Å². The van der Waals surface area contributed by atoms with Gasteiger partial charge in [-0.15, -0.1) is 0 Å². The van der Waals surface area contributed by atoms with Crippen LogP contribution in [0.1, 0.15) is 65.5 Å². The molecule has 2 saturated carbocycles. The minimum absolute atomic E-state index is 0.00370. The molecule has 0 radical (unpaired) electrons. The number of fused-ring (bicyclic) bond motifs is 1. The largest absolute Gasteiger partial charge is 0.378 e. The third-order valence-electron chi connectivity index (χ3n) is 9.98. The fraction of sp³-hybridized carbons (Fsp3) is 0.733. The maximum Gasteiger partial charge on any atom is 0.246 e. The van der Waals surface area contributed by atoms with Gasteiger partial charge in [-0.3, -0.25) is 19.7 Å². The van der Waals surface area contributed by atoms with Crippen molar-refractivity contribution in [2.24, 2.45) is 41.5 Å². The van der Waals surface area contributed by atoms with Crippen molar-refractivity contribution in [1.29, 1.82) is 5.26 Å². The minimum Gasteiger partial charge on any atom is -0.378 e. The molecule has 5 rings (SSSR count). The molecule has 2 aliphatic heterocycles. The molecule has 0 bridgehead atoms. The maximum absolute atomic E-state index is 14.1. The van der Waals surface area contributed by atoms with E-state index in [0.29, 0.717) is 19.5 Å². The van der Waals surface area contributed by atoms with Crippen molar-refractivity contribution < 1.29 is 19.5 Å². The number of hydrogen-bond donors (Lipinski definition) is 4. The Kier molecular flexibility index (Phi) is 7.28. The summed E-state index contributed by atoms with van der Waals surface area (Å²) in [5.74, 6) is -0.658. The molecular formula is C30H44N6O4. The average Bonchev–Trinajstić information content (AvgIpc) is 3.46. The topological polar surface area (TPSA) is 139 Å². The van der Waals surface area contributed by atoms with Gasteiger partial charge in [0.25, 0.3) is 0 Å². The highest BCUT2D eigenvalue weighted by atomic mass is 16.3. The molecule has 0 aromatic carbocycles. The Morgan fingerprint density at radius 3 is 2.55 bits per heavy atom. The number of rotatable bonds is 8. The van der Waals surface area contributed by atoms with E-state index in [9.17, 15) is 24.8 Å².